The van der Waals surface area contributed by atoms with E-state index in [1.54, 1.807) is 11.1 Å². The molecule has 3 N–H and O–H groups in total. The lowest BCUT2D eigenvalue weighted by Crippen LogP contribution is -2.54. The summed E-state index contributed by atoms with van der Waals surface area (Å²) in [7, 11) is 0. The van der Waals surface area contributed by atoms with Gasteiger partial charge in [-0.3, -0.25) is 0 Å². The Hall–Kier alpha value is -2.09. The number of imidazole rings is 1. The van der Waals surface area contributed by atoms with E-state index >= 15 is 0 Å². The molecule has 2 aliphatic heterocycles. The molecule has 1 aromatic rings. The Morgan fingerprint density at radius 1 is 1.48 bits per heavy atom. The number of ether oxygens (including phenoxy) is 1. The molecule has 0 aliphatic carbocycles. The van der Waals surface area contributed by atoms with Crippen LogP contribution in [0.2, 0.25) is 0 Å². The van der Waals surface area contributed by atoms with Crippen molar-refractivity contribution in [3.63, 3.8) is 0 Å². The summed E-state index contributed by atoms with van der Waals surface area (Å²) in [5, 5.41) is 11.8. The maximum absolute atomic E-state index is 12.2. The Morgan fingerprint density at radius 3 is 2.76 bits per heavy atom. The number of carbonyl (C=O) groups excluding carboxylic acids is 1. The Balaban J connectivity index is 1.60. The number of carboxylic acids is 1. The quantitative estimate of drug-likeness (QED) is 0.723. The van der Waals surface area contributed by atoms with Gasteiger partial charge in [-0.1, -0.05) is 0 Å². The summed E-state index contributed by atoms with van der Waals surface area (Å²) >= 11 is 0. The van der Waals surface area contributed by atoms with Crippen molar-refractivity contribution in [2.75, 3.05) is 13.1 Å². The van der Waals surface area contributed by atoms with Gasteiger partial charge in [-0.2, -0.15) is 0 Å². The molecule has 0 saturated carbocycles. The molecule has 2 amide bonds. The number of fused-ring (bicyclic) bond motifs is 2. The van der Waals surface area contributed by atoms with Crippen LogP contribution in [-0.2, 0) is 16.0 Å². The highest BCUT2D eigenvalue weighted by atomic mass is 16.5. The minimum absolute atomic E-state index is 0.0883. The number of H-pyrrole nitrogens is 1. The van der Waals surface area contributed by atoms with Crippen LogP contribution in [0.15, 0.2) is 12.5 Å². The highest BCUT2D eigenvalue weighted by molar-refractivity contribution is 5.82. The third-order valence-corrected chi connectivity index (χ3v) is 3.91. The molecule has 2 bridgehead atoms. The highest BCUT2D eigenvalue weighted by Gasteiger charge is 2.36. The van der Waals surface area contributed by atoms with E-state index in [0.29, 0.717) is 18.8 Å². The number of aliphatic carboxylic acids is 1. The van der Waals surface area contributed by atoms with E-state index in [-0.39, 0.29) is 24.7 Å². The Labute approximate surface area is 121 Å². The molecule has 114 valence electrons. The molecule has 3 unspecified atom stereocenters. The van der Waals surface area contributed by atoms with E-state index in [0.717, 1.165) is 12.8 Å². The predicted molar refractivity (Wildman–Crippen MR) is 71.7 cm³/mol. The molecule has 0 aromatic carbocycles. The van der Waals surface area contributed by atoms with Gasteiger partial charge in [0.15, 0.2) is 0 Å². The fourth-order valence-electron chi connectivity index (χ4n) is 2.84. The number of hydrogen-bond acceptors (Lipinski definition) is 4. The lowest BCUT2D eigenvalue weighted by molar-refractivity contribution is -0.139. The summed E-state index contributed by atoms with van der Waals surface area (Å²) in [4.78, 5) is 31.9. The van der Waals surface area contributed by atoms with Crippen LogP contribution in [0.1, 0.15) is 18.5 Å². The van der Waals surface area contributed by atoms with Gasteiger partial charge in [0.1, 0.15) is 6.04 Å². The zero-order valence-corrected chi connectivity index (χ0v) is 11.5. The molecule has 3 atom stereocenters. The van der Waals surface area contributed by atoms with Crippen molar-refractivity contribution in [2.24, 2.45) is 0 Å². The lowest BCUT2D eigenvalue weighted by Gasteiger charge is -2.32. The number of aromatic amines is 1. The molecule has 0 spiro atoms. The lowest BCUT2D eigenvalue weighted by atomic mass is 10.1. The van der Waals surface area contributed by atoms with Crippen LogP contribution in [0.25, 0.3) is 0 Å². The Bertz CT molecular complexity index is 506. The van der Waals surface area contributed by atoms with Crippen LogP contribution < -0.4 is 5.32 Å². The van der Waals surface area contributed by atoms with Crippen molar-refractivity contribution in [1.82, 2.24) is 20.2 Å². The number of hydrogen-bond donors (Lipinski definition) is 3. The maximum Gasteiger partial charge on any atom is 0.326 e. The average Bonchev–Trinajstić information content (AvgIpc) is 3.07. The molecule has 1 aromatic heterocycles. The van der Waals surface area contributed by atoms with Crippen molar-refractivity contribution in [3.8, 4) is 0 Å². The number of urea groups is 1. The van der Waals surface area contributed by atoms with Gasteiger partial charge in [-0.25, -0.2) is 14.6 Å². The predicted octanol–water partition coefficient (Wildman–Crippen LogP) is -0.0218. The fraction of sp³-hybridized carbons (Fsp3) is 0.615. The zero-order chi connectivity index (χ0) is 14.8. The molecule has 3 rings (SSSR count). The summed E-state index contributed by atoms with van der Waals surface area (Å²) in [6.45, 7) is 1.05. The van der Waals surface area contributed by atoms with Gasteiger partial charge >= 0.3 is 12.0 Å². The number of carboxylic acid groups (broad SMARTS) is 1. The topological polar surface area (TPSA) is 108 Å². The molecule has 21 heavy (non-hydrogen) atoms. The molecular weight excluding hydrogens is 276 g/mol. The fourth-order valence-corrected chi connectivity index (χ4v) is 2.84. The van der Waals surface area contributed by atoms with E-state index in [9.17, 15) is 14.7 Å². The number of nitrogens with zero attached hydrogens (tertiary/aromatic N) is 2. The third-order valence-electron chi connectivity index (χ3n) is 3.91. The Morgan fingerprint density at radius 2 is 2.19 bits per heavy atom. The minimum Gasteiger partial charge on any atom is -0.480 e. The first-order valence-electron chi connectivity index (χ1n) is 7.03. The molecular formula is C13H18N4O4. The highest BCUT2D eigenvalue weighted by Crippen LogP contribution is 2.26. The number of carbonyl (C=O) groups is 2. The summed E-state index contributed by atoms with van der Waals surface area (Å²) < 4.78 is 5.66. The van der Waals surface area contributed by atoms with Gasteiger partial charge in [0.05, 0.1) is 18.5 Å². The average molecular weight is 294 g/mol. The monoisotopic (exact) mass is 294 g/mol. The van der Waals surface area contributed by atoms with Gasteiger partial charge in [0, 0.05) is 31.4 Å². The van der Waals surface area contributed by atoms with Crippen LogP contribution in [0.3, 0.4) is 0 Å². The van der Waals surface area contributed by atoms with Crippen molar-refractivity contribution >= 4 is 12.0 Å². The molecule has 8 nitrogen and oxygen atoms in total. The van der Waals surface area contributed by atoms with Crippen molar-refractivity contribution in [1.29, 1.82) is 0 Å². The molecule has 2 aliphatic rings. The van der Waals surface area contributed by atoms with Crippen molar-refractivity contribution in [3.05, 3.63) is 18.2 Å². The molecule has 3 heterocycles. The normalized spacial score (nSPS) is 25.6. The summed E-state index contributed by atoms with van der Waals surface area (Å²) in [6, 6.07) is -1.32. The van der Waals surface area contributed by atoms with E-state index in [1.807, 2.05) is 0 Å². The van der Waals surface area contributed by atoms with Crippen molar-refractivity contribution in [2.45, 2.75) is 37.5 Å². The van der Waals surface area contributed by atoms with E-state index in [2.05, 4.69) is 15.3 Å². The summed E-state index contributed by atoms with van der Waals surface area (Å²) in [5.74, 6) is -1.06. The number of rotatable bonds is 4. The maximum atomic E-state index is 12.2. The van der Waals surface area contributed by atoms with Gasteiger partial charge in [-0.05, 0) is 12.8 Å². The van der Waals surface area contributed by atoms with Crippen LogP contribution in [0, 0.1) is 0 Å². The largest absolute Gasteiger partial charge is 0.480 e. The second-order valence-electron chi connectivity index (χ2n) is 5.48. The second-order valence-corrected chi connectivity index (χ2v) is 5.48. The van der Waals surface area contributed by atoms with Crippen LogP contribution >= 0.6 is 0 Å². The Kier molecular flexibility index (Phi) is 3.78. The molecule has 0 radical (unpaired) electrons. The number of aromatic nitrogens is 2. The van der Waals surface area contributed by atoms with Crippen LogP contribution in [0.5, 0.6) is 0 Å². The minimum atomic E-state index is -1.06. The van der Waals surface area contributed by atoms with E-state index in [4.69, 9.17) is 4.74 Å². The smallest absolute Gasteiger partial charge is 0.326 e. The summed E-state index contributed by atoms with van der Waals surface area (Å²) in [5.41, 5.74) is 0.671. The van der Waals surface area contributed by atoms with Gasteiger partial charge < -0.3 is 25.0 Å². The van der Waals surface area contributed by atoms with Crippen LogP contribution in [-0.4, -0.2) is 63.3 Å². The standard InChI is InChI=1S/C13H18N4O4/c18-12(19)11(3-8-4-14-7-15-8)16-13(20)17-5-9-1-2-10(6-17)21-9/h4,7,9-11H,1-3,5-6H2,(H,14,15)(H,16,20)(H,18,19). The number of likely N-dealkylation sites (tertiary alicyclic amines) is 1. The van der Waals surface area contributed by atoms with Crippen LogP contribution in [0.4, 0.5) is 4.79 Å². The molecule has 2 saturated heterocycles. The first-order valence-corrected chi connectivity index (χ1v) is 7.03. The SMILES string of the molecule is O=C(O)C(Cc1cnc[nH]1)NC(=O)N1CC2CCC(C1)O2. The van der Waals surface area contributed by atoms with Gasteiger partial charge in [0.2, 0.25) is 0 Å². The number of nitrogens with one attached hydrogen (secondary N) is 2. The molecule has 2 fully saturated rings. The van der Waals surface area contributed by atoms with Crippen molar-refractivity contribution < 1.29 is 19.4 Å². The third kappa shape index (κ3) is 3.15. The number of morpholine rings is 1. The number of amides is 2. The zero-order valence-electron chi connectivity index (χ0n) is 11.5. The first-order chi connectivity index (χ1) is 10.1. The summed E-state index contributed by atoms with van der Waals surface area (Å²) in [6.07, 6.45) is 5.32. The van der Waals surface area contributed by atoms with Gasteiger partial charge in [0.25, 0.3) is 0 Å². The van der Waals surface area contributed by atoms with E-state index < -0.39 is 12.0 Å². The molecule has 8 heteroatoms. The van der Waals surface area contributed by atoms with E-state index in [1.165, 1.54) is 6.33 Å². The van der Waals surface area contributed by atoms with Gasteiger partial charge in [-0.15, -0.1) is 0 Å². The first kappa shape index (κ1) is 13.9. The second kappa shape index (κ2) is 5.72.